The normalized spacial score (nSPS) is 11.0. The maximum atomic E-state index is 12.1. The first-order valence-electron chi connectivity index (χ1n) is 7.56. The van der Waals surface area contributed by atoms with Crippen LogP contribution in [0, 0.1) is 6.92 Å². The molecule has 0 aromatic heterocycles. The number of nitrogens with one attached hydrogen (secondary N) is 2. The maximum absolute atomic E-state index is 12.1. The number of benzene rings is 2. The van der Waals surface area contributed by atoms with Crippen LogP contribution in [0.1, 0.15) is 18.1 Å². The molecule has 0 radical (unpaired) electrons. The maximum Gasteiger partial charge on any atom is 0.314 e. The van der Waals surface area contributed by atoms with E-state index in [1.165, 1.54) is 24.3 Å². The van der Waals surface area contributed by atoms with Gasteiger partial charge in [0.2, 0.25) is 10.0 Å². The predicted octanol–water partition coefficient (Wildman–Crippen LogP) is 1.78. The summed E-state index contributed by atoms with van der Waals surface area (Å²) in [5.41, 5.74) is 2.69. The molecule has 0 aliphatic heterocycles. The average Bonchev–Trinajstić information content (AvgIpc) is 2.56. The molecule has 7 nitrogen and oxygen atoms in total. The van der Waals surface area contributed by atoms with Crippen molar-refractivity contribution in [1.29, 1.82) is 0 Å². The van der Waals surface area contributed by atoms with Gasteiger partial charge in [0.05, 0.1) is 4.90 Å². The molecule has 8 heteroatoms. The zero-order valence-corrected chi connectivity index (χ0v) is 14.7. The Morgan fingerprint density at radius 3 is 2.16 bits per heavy atom. The largest absolute Gasteiger partial charge is 0.318 e. The van der Waals surface area contributed by atoms with E-state index in [-0.39, 0.29) is 10.6 Å². The number of rotatable bonds is 4. The van der Waals surface area contributed by atoms with Gasteiger partial charge in [0.1, 0.15) is 0 Å². The van der Waals surface area contributed by atoms with Gasteiger partial charge in [-0.15, -0.1) is 0 Å². The van der Waals surface area contributed by atoms with Gasteiger partial charge in [-0.3, -0.25) is 9.59 Å². The van der Waals surface area contributed by atoms with E-state index in [4.69, 9.17) is 5.14 Å². The van der Waals surface area contributed by atoms with Crippen LogP contribution < -0.4 is 15.8 Å². The molecule has 4 N–H and O–H groups in total. The molecule has 0 saturated carbocycles. The minimum Gasteiger partial charge on any atom is -0.318 e. The Hall–Kier alpha value is -2.71. The number of anilines is 2. The first-order chi connectivity index (χ1) is 11.7. The van der Waals surface area contributed by atoms with Crippen molar-refractivity contribution in [3.63, 3.8) is 0 Å². The predicted molar refractivity (Wildman–Crippen MR) is 95.6 cm³/mol. The molecule has 2 amide bonds. The monoisotopic (exact) mass is 361 g/mol. The quantitative estimate of drug-likeness (QED) is 0.719. The zero-order chi connectivity index (χ0) is 18.6. The van der Waals surface area contributed by atoms with Crippen LogP contribution in [0.5, 0.6) is 0 Å². The molecular weight excluding hydrogens is 342 g/mol. The van der Waals surface area contributed by atoms with Gasteiger partial charge in [0.25, 0.3) is 0 Å². The SMILES string of the molecule is CCc1cccc(C)c1NC(=O)C(=O)Nc1ccc(S(N)(=O)=O)cc1. The number of amides is 2. The number of carbonyl (C=O) groups excluding carboxylic acids is 2. The molecule has 0 atom stereocenters. The highest BCUT2D eigenvalue weighted by Crippen LogP contribution is 2.21. The Morgan fingerprint density at radius 1 is 1.00 bits per heavy atom. The highest BCUT2D eigenvalue weighted by molar-refractivity contribution is 7.89. The summed E-state index contributed by atoms with van der Waals surface area (Å²) in [5.74, 6) is -1.66. The Kier molecular flexibility index (Phi) is 5.55. The van der Waals surface area contributed by atoms with Crippen LogP contribution in [0.4, 0.5) is 11.4 Å². The molecule has 0 aliphatic rings. The summed E-state index contributed by atoms with van der Waals surface area (Å²) < 4.78 is 22.4. The van der Waals surface area contributed by atoms with E-state index >= 15 is 0 Å². The standard InChI is InChI=1S/C17H19N3O4S/c1-3-12-6-4-5-11(2)15(12)20-17(22)16(21)19-13-7-9-14(10-8-13)25(18,23)24/h4-10H,3H2,1-2H3,(H,19,21)(H,20,22)(H2,18,23,24). The fourth-order valence-corrected chi connectivity index (χ4v) is 2.80. The van der Waals surface area contributed by atoms with Crippen molar-refractivity contribution in [3.05, 3.63) is 53.6 Å². The smallest absolute Gasteiger partial charge is 0.314 e. The van der Waals surface area contributed by atoms with Crippen LogP contribution in [0.2, 0.25) is 0 Å². The highest BCUT2D eigenvalue weighted by Gasteiger charge is 2.17. The van der Waals surface area contributed by atoms with E-state index < -0.39 is 21.8 Å². The summed E-state index contributed by atoms with van der Waals surface area (Å²) in [6, 6.07) is 10.8. The fraction of sp³-hybridized carbons (Fsp3) is 0.176. The number of aryl methyl sites for hydroxylation is 2. The van der Waals surface area contributed by atoms with Crippen LogP contribution >= 0.6 is 0 Å². The molecule has 2 aromatic rings. The topological polar surface area (TPSA) is 118 Å². The lowest BCUT2D eigenvalue weighted by molar-refractivity contribution is -0.133. The van der Waals surface area contributed by atoms with E-state index in [9.17, 15) is 18.0 Å². The van der Waals surface area contributed by atoms with Gasteiger partial charge in [0.15, 0.2) is 0 Å². The first-order valence-corrected chi connectivity index (χ1v) is 9.10. The molecule has 0 saturated heterocycles. The first kappa shape index (κ1) is 18.6. The summed E-state index contributed by atoms with van der Waals surface area (Å²) in [4.78, 5) is 24.1. The van der Waals surface area contributed by atoms with Crippen molar-refractivity contribution in [2.75, 3.05) is 10.6 Å². The second-order valence-electron chi connectivity index (χ2n) is 5.44. The number of nitrogens with two attached hydrogens (primary N) is 1. The zero-order valence-electron chi connectivity index (χ0n) is 13.9. The lowest BCUT2D eigenvalue weighted by Gasteiger charge is -2.13. The Balaban J connectivity index is 2.10. The van der Waals surface area contributed by atoms with Gasteiger partial charge in [0, 0.05) is 11.4 Å². The van der Waals surface area contributed by atoms with Gasteiger partial charge < -0.3 is 10.6 Å². The second kappa shape index (κ2) is 7.45. The number of sulfonamides is 1. The van der Waals surface area contributed by atoms with Gasteiger partial charge in [-0.05, 0) is 48.7 Å². The third-order valence-corrected chi connectivity index (χ3v) is 4.55. The van der Waals surface area contributed by atoms with E-state index in [1.807, 2.05) is 32.0 Å². The van der Waals surface area contributed by atoms with Crippen molar-refractivity contribution in [2.45, 2.75) is 25.2 Å². The third-order valence-electron chi connectivity index (χ3n) is 3.63. The molecule has 0 bridgehead atoms. The lowest BCUT2D eigenvalue weighted by Crippen LogP contribution is -2.29. The van der Waals surface area contributed by atoms with E-state index in [2.05, 4.69) is 10.6 Å². The average molecular weight is 361 g/mol. The fourth-order valence-electron chi connectivity index (χ4n) is 2.29. The molecule has 0 spiro atoms. The Morgan fingerprint density at radius 2 is 1.60 bits per heavy atom. The molecule has 2 rings (SSSR count). The summed E-state index contributed by atoms with van der Waals surface area (Å²) in [7, 11) is -3.81. The molecule has 0 heterocycles. The van der Waals surface area contributed by atoms with Crippen molar-refractivity contribution in [3.8, 4) is 0 Å². The molecule has 0 unspecified atom stereocenters. The molecular formula is C17H19N3O4S. The summed E-state index contributed by atoms with van der Waals surface area (Å²) >= 11 is 0. The van der Waals surface area contributed by atoms with Crippen LogP contribution in [0.25, 0.3) is 0 Å². The number of hydrogen-bond donors (Lipinski definition) is 3. The van der Waals surface area contributed by atoms with Crippen molar-refractivity contribution >= 4 is 33.2 Å². The third kappa shape index (κ3) is 4.65. The lowest BCUT2D eigenvalue weighted by atomic mass is 10.1. The molecule has 0 fully saturated rings. The van der Waals surface area contributed by atoms with Gasteiger partial charge in [-0.1, -0.05) is 25.1 Å². The van der Waals surface area contributed by atoms with Gasteiger partial charge in [-0.25, -0.2) is 13.6 Å². The highest BCUT2D eigenvalue weighted by atomic mass is 32.2. The van der Waals surface area contributed by atoms with E-state index in [1.54, 1.807) is 0 Å². The Labute approximate surface area is 146 Å². The van der Waals surface area contributed by atoms with E-state index in [0.29, 0.717) is 12.1 Å². The minimum absolute atomic E-state index is 0.0811. The molecule has 25 heavy (non-hydrogen) atoms. The van der Waals surface area contributed by atoms with Crippen LogP contribution in [-0.4, -0.2) is 20.2 Å². The summed E-state index contributed by atoms with van der Waals surface area (Å²) in [5, 5.41) is 10.0. The number of hydrogen-bond acceptors (Lipinski definition) is 4. The summed E-state index contributed by atoms with van der Waals surface area (Å²) in [6.07, 6.45) is 0.716. The van der Waals surface area contributed by atoms with Crippen LogP contribution in [-0.2, 0) is 26.0 Å². The minimum atomic E-state index is -3.81. The van der Waals surface area contributed by atoms with Gasteiger partial charge >= 0.3 is 11.8 Å². The van der Waals surface area contributed by atoms with Crippen LogP contribution in [0.3, 0.4) is 0 Å². The number of primary sulfonamides is 1. The number of carbonyl (C=O) groups is 2. The summed E-state index contributed by atoms with van der Waals surface area (Å²) in [6.45, 7) is 3.80. The molecule has 0 aliphatic carbocycles. The molecule has 132 valence electrons. The van der Waals surface area contributed by atoms with E-state index in [0.717, 1.165) is 11.1 Å². The number of para-hydroxylation sites is 1. The second-order valence-corrected chi connectivity index (χ2v) is 7.00. The van der Waals surface area contributed by atoms with Crippen molar-refractivity contribution in [2.24, 2.45) is 5.14 Å². The van der Waals surface area contributed by atoms with Crippen molar-refractivity contribution in [1.82, 2.24) is 0 Å². The molecule has 2 aromatic carbocycles. The Bertz CT molecular complexity index is 906. The van der Waals surface area contributed by atoms with Gasteiger partial charge in [-0.2, -0.15) is 0 Å². The van der Waals surface area contributed by atoms with Crippen molar-refractivity contribution < 1.29 is 18.0 Å². The van der Waals surface area contributed by atoms with Crippen LogP contribution in [0.15, 0.2) is 47.4 Å².